The molecule has 0 saturated heterocycles. The van der Waals surface area contributed by atoms with Gasteiger partial charge >= 0.3 is 19.8 Å². The van der Waals surface area contributed by atoms with Crippen molar-refractivity contribution in [3.05, 3.63) is 97.2 Å². The number of nitrogens with zero attached hydrogens (tertiary/aromatic N) is 1. The third-order valence-corrected chi connectivity index (χ3v) is 9.56. The Kier molecular flexibility index (Phi) is 36.5. The van der Waals surface area contributed by atoms with Gasteiger partial charge in [0.1, 0.15) is 19.8 Å². The van der Waals surface area contributed by atoms with E-state index in [0.29, 0.717) is 17.4 Å². The number of hydrogen-bond acceptors (Lipinski definition) is 8. The zero-order chi connectivity index (χ0) is 43.7. The largest absolute Gasteiger partial charge is 0.472 e. The maximum atomic E-state index is 12.7. The molecule has 0 saturated carbocycles. The molecule has 10 nitrogen and oxygen atoms in total. The van der Waals surface area contributed by atoms with Crippen LogP contribution in [0, 0.1) is 0 Å². The lowest BCUT2D eigenvalue weighted by Gasteiger charge is -2.24. The molecule has 0 aliphatic heterocycles. The van der Waals surface area contributed by atoms with Gasteiger partial charge in [0, 0.05) is 19.3 Å². The minimum Gasteiger partial charge on any atom is -0.462 e. The van der Waals surface area contributed by atoms with Gasteiger partial charge in [0.25, 0.3) is 0 Å². The van der Waals surface area contributed by atoms with Gasteiger partial charge in [-0.1, -0.05) is 131 Å². The van der Waals surface area contributed by atoms with Crippen molar-refractivity contribution >= 4 is 25.5 Å². The summed E-state index contributed by atoms with van der Waals surface area (Å²) in [7, 11) is 1.31. The van der Waals surface area contributed by atoms with Gasteiger partial charge in [-0.2, -0.15) is 0 Å². The summed E-state index contributed by atoms with van der Waals surface area (Å²) in [5.74, 6) is -1.20. The van der Waals surface area contributed by atoms with Gasteiger partial charge < -0.3 is 18.9 Å². The maximum Gasteiger partial charge on any atom is 0.472 e. The third-order valence-electron chi connectivity index (χ3n) is 8.57. The Balaban J connectivity index is 4.63. The number of ketones is 1. The first kappa shape index (κ1) is 55.6. The molecule has 11 heteroatoms. The third kappa shape index (κ3) is 42.5. The van der Waals surface area contributed by atoms with Crippen molar-refractivity contribution in [1.82, 2.24) is 0 Å². The quantitative estimate of drug-likeness (QED) is 0.0123. The van der Waals surface area contributed by atoms with Crippen molar-refractivity contribution in [1.29, 1.82) is 0 Å². The second-order valence-electron chi connectivity index (χ2n) is 15.4. The van der Waals surface area contributed by atoms with E-state index < -0.39 is 32.5 Å². The lowest BCUT2D eigenvalue weighted by Crippen LogP contribution is -2.37. The van der Waals surface area contributed by atoms with Crippen LogP contribution in [0.1, 0.15) is 136 Å². The van der Waals surface area contributed by atoms with Crippen LogP contribution in [0.3, 0.4) is 0 Å². The highest BCUT2D eigenvalue weighted by molar-refractivity contribution is 7.47. The topological polar surface area (TPSA) is 125 Å². The highest BCUT2D eigenvalue weighted by Crippen LogP contribution is 2.43. The molecule has 2 atom stereocenters. The Labute approximate surface area is 358 Å². The van der Waals surface area contributed by atoms with Crippen LogP contribution in [-0.4, -0.2) is 80.7 Å². The van der Waals surface area contributed by atoms with Crippen molar-refractivity contribution in [3.63, 3.8) is 0 Å². The molecule has 59 heavy (non-hydrogen) atoms. The zero-order valence-electron chi connectivity index (χ0n) is 37.2. The van der Waals surface area contributed by atoms with E-state index in [9.17, 15) is 23.8 Å². The highest BCUT2D eigenvalue weighted by atomic mass is 31.2. The SMILES string of the molecule is CC/C=C\C/C=C\C/C=C\C/C=C\CCCCCCC(=O)O[C@H](COC(=O)CCCC(=O)/C=C/C=C\C/C=C\C/C=C\CCCCC)COP(=O)(O)OCC[N+](C)(C)C. The maximum absolute atomic E-state index is 12.7. The van der Waals surface area contributed by atoms with E-state index in [2.05, 4.69) is 86.8 Å². The van der Waals surface area contributed by atoms with Crippen molar-refractivity contribution in [3.8, 4) is 0 Å². The smallest absolute Gasteiger partial charge is 0.462 e. The number of phosphoric acid groups is 1. The molecular formula is C48H79NO9P+. The van der Waals surface area contributed by atoms with Crippen LogP contribution >= 0.6 is 7.82 Å². The molecule has 0 aliphatic carbocycles. The molecular weight excluding hydrogens is 766 g/mol. The van der Waals surface area contributed by atoms with E-state index in [0.717, 1.165) is 70.6 Å². The van der Waals surface area contributed by atoms with Crippen LogP contribution in [-0.2, 0) is 37.5 Å². The van der Waals surface area contributed by atoms with Gasteiger partial charge in [-0.05, 0) is 83.1 Å². The fourth-order valence-corrected chi connectivity index (χ4v) is 5.87. The molecule has 334 valence electrons. The van der Waals surface area contributed by atoms with Gasteiger partial charge in [-0.15, -0.1) is 0 Å². The number of carbonyl (C=O) groups is 3. The van der Waals surface area contributed by atoms with Crippen molar-refractivity contribution in [2.75, 3.05) is 47.5 Å². The van der Waals surface area contributed by atoms with Crippen molar-refractivity contribution in [2.24, 2.45) is 0 Å². The first-order valence-electron chi connectivity index (χ1n) is 21.9. The first-order chi connectivity index (χ1) is 28.4. The number of esters is 2. The lowest BCUT2D eigenvalue weighted by molar-refractivity contribution is -0.870. The zero-order valence-corrected chi connectivity index (χ0v) is 38.1. The molecule has 0 fully saturated rings. The Bertz CT molecular complexity index is 1380. The molecule has 0 radical (unpaired) electrons. The van der Waals surface area contributed by atoms with Crippen LogP contribution in [0.15, 0.2) is 97.2 Å². The fraction of sp³-hybridized carbons (Fsp3) is 0.604. The summed E-state index contributed by atoms with van der Waals surface area (Å²) in [6.07, 6.45) is 47.5. The molecule has 0 aromatic carbocycles. The number of carbonyl (C=O) groups excluding carboxylic acids is 3. The van der Waals surface area contributed by atoms with Gasteiger partial charge in [-0.3, -0.25) is 23.4 Å². The summed E-state index contributed by atoms with van der Waals surface area (Å²) in [6.45, 7) is 3.94. The molecule has 0 aromatic rings. The minimum atomic E-state index is -4.44. The molecule has 1 N–H and O–H groups in total. The molecule has 0 bridgehead atoms. The Morgan fingerprint density at radius 1 is 0.593 bits per heavy atom. The fourth-order valence-electron chi connectivity index (χ4n) is 5.13. The number of phosphoric ester groups is 1. The van der Waals surface area contributed by atoms with Gasteiger partial charge in [-0.25, -0.2) is 4.57 Å². The summed E-state index contributed by atoms with van der Waals surface area (Å²) in [6, 6.07) is 0. The van der Waals surface area contributed by atoms with Crippen LogP contribution in [0.2, 0.25) is 0 Å². The number of hydrogen-bond donors (Lipinski definition) is 1. The molecule has 0 amide bonds. The predicted molar refractivity (Wildman–Crippen MR) is 243 cm³/mol. The van der Waals surface area contributed by atoms with Crippen molar-refractivity contribution < 1.29 is 46.8 Å². The number of ether oxygens (including phenoxy) is 2. The second kappa shape index (κ2) is 38.8. The minimum absolute atomic E-state index is 0.0115. The lowest BCUT2D eigenvalue weighted by atomic mass is 10.1. The Morgan fingerprint density at radius 3 is 1.73 bits per heavy atom. The molecule has 0 aliphatic rings. The van der Waals surface area contributed by atoms with E-state index in [4.69, 9.17) is 18.5 Å². The summed E-state index contributed by atoms with van der Waals surface area (Å²) in [5.41, 5.74) is 0. The molecule has 0 rings (SSSR count). The van der Waals surface area contributed by atoms with Crippen LogP contribution < -0.4 is 0 Å². The van der Waals surface area contributed by atoms with Crippen LogP contribution in [0.4, 0.5) is 0 Å². The van der Waals surface area contributed by atoms with E-state index in [1.165, 1.54) is 25.3 Å². The Morgan fingerprint density at radius 2 is 1.14 bits per heavy atom. The average molecular weight is 845 g/mol. The first-order valence-corrected chi connectivity index (χ1v) is 23.4. The van der Waals surface area contributed by atoms with E-state index in [-0.39, 0.29) is 44.7 Å². The molecule has 1 unspecified atom stereocenters. The Hall–Kier alpha value is -3.40. The van der Waals surface area contributed by atoms with E-state index >= 15 is 0 Å². The van der Waals surface area contributed by atoms with Gasteiger partial charge in [0.2, 0.25) is 0 Å². The van der Waals surface area contributed by atoms with E-state index in [1.54, 1.807) is 6.08 Å². The van der Waals surface area contributed by atoms with Crippen LogP contribution in [0.5, 0.6) is 0 Å². The highest BCUT2D eigenvalue weighted by Gasteiger charge is 2.27. The van der Waals surface area contributed by atoms with Crippen molar-refractivity contribution in [2.45, 2.75) is 142 Å². The standard InChI is InChI=1S/C48H78NO9P/c1-6-8-10-12-14-16-18-20-21-22-23-25-27-29-31-33-35-39-48(52)58-46(44-57-59(53,54)56-42-41-49(3,4)5)43-55-47(51)40-36-38-45(50)37-34-32-30-28-26-24-19-17-15-13-11-9-7-2/h8,10,14-17,20-21,23-26,30,32,34,37,46H,6-7,9,11-13,18-19,22,27-29,31,33,35-36,38-44H2,1-5H3/p+1/b10-8-,16-14-,17-15-,21-20-,25-23-,26-24-,32-30-,37-34+/t46-/m1/s1. The monoisotopic (exact) mass is 845 g/mol. The summed E-state index contributed by atoms with van der Waals surface area (Å²) in [4.78, 5) is 47.6. The van der Waals surface area contributed by atoms with Gasteiger partial charge in [0.05, 0.1) is 27.7 Å². The number of unbranched alkanes of at least 4 members (excludes halogenated alkanes) is 7. The average Bonchev–Trinajstić information content (AvgIpc) is 3.18. The predicted octanol–water partition coefficient (Wildman–Crippen LogP) is 11.8. The van der Waals surface area contributed by atoms with Crippen LogP contribution in [0.25, 0.3) is 0 Å². The van der Waals surface area contributed by atoms with Gasteiger partial charge in [0.15, 0.2) is 11.9 Å². The number of likely N-dealkylation sites (N-methyl/N-ethyl adjacent to an activating group) is 1. The normalized spacial score (nSPS) is 14.4. The summed E-state index contributed by atoms with van der Waals surface area (Å²) >= 11 is 0. The van der Waals surface area contributed by atoms with E-state index in [1.807, 2.05) is 33.3 Å². The summed E-state index contributed by atoms with van der Waals surface area (Å²) < 4.78 is 34.0. The molecule has 0 heterocycles. The second-order valence-corrected chi connectivity index (χ2v) is 16.8. The summed E-state index contributed by atoms with van der Waals surface area (Å²) in [5, 5.41) is 0. The number of quaternary nitrogens is 1. The molecule has 0 spiro atoms. The number of rotatable bonds is 38. The molecule has 0 aromatic heterocycles. The number of allylic oxidation sites excluding steroid dienone is 16.